The monoisotopic (exact) mass is 796 g/mol. The highest BCUT2D eigenvalue weighted by Crippen LogP contribution is 2.58. The van der Waals surface area contributed by atoms with E-state index in [1.807, 2.05) is 78.9 Å². The van der Waals surface area contributed by atoms with Crippen molar-refractivity contribution in [3.8, 4) is 11.5 Å². The van der Waals surface area contributed by atoms with E-state index in [1.165, 1.54) is 0 Å². The molecule has 0 amide bonds. The van der Waals surface area contributed by atoms with Crippen LogP contribution in [0.4, 0.5) is 0 Å². The van der Waals surface area contributed by atoms with Crippen molar-refractivity contribution in [2.45, 2.75) is 60.2 Å². The van der Waals surface area contributed by atoms with Gasteiger partial charge in [0.2, 0.25) is 0 Å². The Hall–Kier alpha value is -4.39. The zero-order valence-electron chi connectivity index (χ0n) is 31.2. The number of sulfone groups is 1. The van der Waals surface area contributed by atoms with Crippen LogP contribution in [0.15, 0.2) is 137 Å². The molecule has 3 saturated heterocycles. The van der Waals surface area contributed by atoms with Crippen LogP contribution < -0.4 is 15.0 Å². The first-order chi connectivity index (χ1) is 27.3. The summed E-state index contributed by atoms with van der Waals surface area (Å²) in [6, 6.07) is 37.6. The van der Waals surface area contributed by atoms with Gasteiger partial charge in [-0.3, -0.25) is 4.79 Å². The molecule has 4 heterocycles. The largest absolute Gasteiger partial charge is 0.497 e. The normalized spacial score (nSPS) is 23.9. The molecule has 56 heavy (non-hydrogen) atoms. The number of benzene rings is 4. The first-order valence-electron chi connectivity index (χ1n) is 18.8. The minimum Gasteiger partial charge on any atom is -0.497 e. The molecule has 0 bridgehead atoms. The van der Waals surface area contributed by atoms with Gasteiger partial charge in [0.25, 0.3) is 14.1 Å². The molecule has 4 aromatic carbocycles. The van der Waals surface area contributed by atoms with Gasteiger partial charge < -0.3 is 33.0 Å². The van der Waals surface area contributed by atoms with E-state index in [1.54, 1.807) is 62.9 Å². The van der Waals surface area contributed by atoms with Crippen molar-refractivity contribution in [2.24, 2.45) is 0 Å². The number of fused-ring (bicyclic) bond motifs is 1. The van der Waals surface area contributed by atoms with E-state index < -0.39 is 48.4 Å². The Morgan fingerprint density at radius 3 is 2.05 bits per heavy atom. The first-order valence-corrected chi connectivity index (χ1v) is 21.6. The number of H-pyrrole nitrogens is 1. The van der Waals surface area contributed by atoms with Crippen molar-refractivity contribution in [1.82, 2.24) is 9.65 Å². The number of ether oxygens (including phenoxy) is 4. The molecule has 0 aliphatic carbocycles. The van der Waals surface area contributed by atoms with Gasteiger partial charge in [0.1, 0.15) is 23.2 Å². The van der Waals surface area contributed by atoms with E-state index >= 15 is 0 Å². The zero-order chi connectivity index (χ0) is 38.7. The fraction of sp³-hybridized carbons (Fsp3) is 0.326. The number of rotatable bonds is 14. The van der Waals surface area contributed by atoms with Gasteiger partial charge in [-0.15, -0.1) is 0 Å². The number of aromatic nitrogens is 1. The highest BCUT2D eigenvalue weighted by molar-refractivity contribution is 7.91. The number of hydrogen-bond donors (Lipinski definition) is 1. The second kappa shape index (κ2) is 16.6. The minimum absolute atomic E-state index is 0.0806. The Balaban J connectivity index is 1.13. The van der Waals surface area contributed by atoms with Gasteiger partial charge in [-0.2, -0.15) is 0 Å². The predicted molar refractivity (Wildman–Crippen MR) is 212 cm³/mol. The molecule has 3 fully saturated rings. The molecule has 5 aromatic rings. The smallest absolute Gasteiger partial charge is 0.259 e. The van der Waals surface area contributed by atoms with Gasteiger partial charge in [0.15, 0.2) is 9.84 Å². The summed E-state index contributed by atoms with van der Waals surface area (Å²) in [7, 11) is -1.97. The summed E-state index contributed by atoms with van der Waals surface area (Å²) >= 11 is 0. The van der Waals surface area contributed by atoms with E-state index in [-0.39, 0.29) is 28.9 Å². The van der Waals surface area contributed by atoms with Gasteiger partial charge in [-0.25, -0.2) is 13.1 Å². The number of pyridine rings is 1. The maximum absolute atomic E-state index is 13.5. The van der Waals surface area contributed by atoms with Crippen LogP contribution >= 0.6 is 8.53 Å². The van der Waals surface area contributed by atoms with Crippen LogP contribution in [0.1, 0.15) is 47.6 Å². The molecule has 3 aliphatic heterocycles. The Bertz CT molecular complexity index is 2190. The number of hydrogen-bond acceptors (Lipinski definition) is 10. The van der Waals surface area contributed by atoms with Crippen molar-refractivity contribution in [3.63, 3.8) is 0 Å². The van der Waals surface area contributed by atoms with Crippen molar-refractivity contribution < 1.29 is 36.4 Å². The quantitative estimate of drug-likeness (QED) is 0.0913. The highest BCUT2D eigenvalue weighted by atomic mass is 32.2. The molecular weight excluding hydrogens is 752 g/mol. The summed E-state index contributed by atoms with van der Waals surface area (Å²) in [4.78, 5) is 16.1. The molecule has 8 rings (SSSR count). The van der Waals surface area contributed by atoms with Gasteiger partial charge >= 0.3 is 0 Å². The number of nitrogens with zero attached hydrogens (tertiary/aromatic N) is 1. The zero-order valence-corrected chi connectivity index (χ0v) is 32.9. The molecule has 3 aliphatic rings. The van der Waals surface area contributed by atoms with Crippen LogP contribution in [0.25, 0.3) is 0 Å². The van der Waals surface area contributed by atoms with Crippen LogP contribution in [0.5, 0.6) is 11.5 Å². The molecule has 6 atom stereocenters. The summed E-state index contributed by atoms with van der Waals surface area (Å²) < 4.78 is 67.7. The predicted octanol–water partition coefficient (Wildman–Crippen LogP) is 7.18. The lowest BCUT2D eigenvalue weighted by atomic mass is 9.80. The fourth-order valence-corrected chi connectivity index (χ4v) is 11.6. The molecule has 0 spiro atoms. The summed E-state index contributed by atoms with van der Waals surface area (Å²) in [5, 5.41) is 0. The topological polar surface area (TPSA) is 126 Å². The lowest BCUT2D eigenvalue weighted by molar-refractivity contribution is -0.0800. The Morgan fingerprint density at radius 2 is 1.43 bits per heavy atom. The van der Waals surface area contributed by atoms with E-state index in [0.29, 0.717) is 23.5 Å². The van der Waals surface area contributed by atoms with Crippen molar-refractivity contribution >= 4 is 18.4 Å². The van der Waals surface area contributed by atoms with Crippen LogP contribution in [-0.4, -0.2) is 75.6 Å². The lowest BCUT2D eigenvalue weighted by Gasteiger charge is -2.37. The number of nitrogens with one attached hydrogen (secondary N) is 1. The standard InChI is InChI=1S/C43H45N2O9PS/c1-49-33-21-17-31(18-22-33)43(30-11-5-3-6-12-30,32-19-23-34(50-2)24-20-32)51-28-40-39(27-38(52-40)36-15-9-25-44-42(36)46)53-55-45-26-10-16-37(45)41(54-55)29-56(47,48)35-13-7-4-8-14-35/h3-9,11-15,17-25,37-41H,10,16,26-29H2,1-2H3,(H,44,46)/t37-,38+,39-,40+,41+,55-/m0/s1. The number of aromatic amines is 1. The molecule has 1 N–H and O–H groups in total. The first kappa shape index (κ1) is 38.5. The third-order valence-corrected chi connectivity index (χ3v) is 14.5. The van der Waals surface area contributed by atoms with Crippen LogP contribution in [0.3, 0.4) is 0 Å². The van der Waals surface area contributed by atoms with Crippen molar-refractivity contribution in [3.05, 3.63) is 160 Å². The summed E-state index contributed by atoms with van der Waals surface area (Å²) in [5.74, 6) is 1.28. The van der Waals surface area contributed by atoms with Crippen LogP contribution in [0, 0.1) is 0 Å². The van der Waals surface area contributed by atoms with Crippen LogP contribution in [-0.2, 0) is 34.0 Å². The fourth-order valence-electron chi connectivity index (χ4n) is 8.03. The molecule has 11 nitrogen and oxygen atoms in total. The molecule has 0 saturated carbocycles. The van der Waals surface area contributed by atoms with Crippen molar-refractivity contribution in [1.29, 1.82) is 0 Å². The SMILES string of the molecule is COc1ccc(C(OC[C@H]2O[C@@H](c3ccc[nH]c3=O)C[C@@H]2O[P@@]2O[C@H](CS(=O)(=O)c3ccccc3)[C@@H]3CCCN32)(c2ccccc2)c2ccc(OC)cc2)cc1. The van der Waals surface area contributed by atoms with Gasteiger partial charge in [-0.05, 0) is 78.1 Å². The highest BCUT2D eigenvalue weighted by Gasteiger charge is 2.51. The minimum atomic E-state index is -3.60. The van der Waals surface area contributed by atoms with E-state index in [2.05, 4.69) is 9.65 Å². The van der Waals surface area contributed by atoms with E-state index in [9.17, 15) is 13.2 Å². The molecule has 13 heteroatoms. The number of methoxy groups -OCH3 is 2. The van der Waals surface area contributed by atoms with E-state index in [0.717, 1.165) is 36.1 Å². The molecular formula is C43H45N2O9PS. The summed E-state index contributed by atoms with van der Waals surface area (Å²) in [5.41, 5.74) is 1.78. The van der Waals surface area contributed by atoms with Crippen molar-refractivity contribution in [2.75, 3.05) is 33.1 Å². The molecule has 1 aromatic heterocycles. The van der Waals surface area contributed by atoms with Crippen LogP contribution in [0.2, 0.25) is 0 Å². The van der Waals surface area contributed by atoms with Gasteiger partial charge in [0.05, 0.1) is 49.8 Å². The average Bonchev–Trinajstić information content (AvgIpc) is 3.97. The van der Waals surface area contributed by atoms with E-state index in [4.69, 9.17) is 28.0 Å². The Morgan fingerprint density at radius 1 is 0.804 bits per heavy atom. The molecule has 292 valence electrons. The maximum Gasteiger partial charge on any atom is 0.259 e. The van der Waals surface area contributed by atoms with Gasteiger partial charge in [-0.1, -0.05) is 72.8 Å². The van der Waals surface area contributed by atoms with Gasteiger partial charge in [0, 0.05) is 30.8 Å². The summed E-state index contributed by atoms with van der Waals surface area (Å²) in [6.07, 6.45) is 1.41. The lowest BCUT2D eigenvalue weighted by Crippen LogP contribution is -2.38. The maximum atomic E-state index is 13.5. The Kier molecular flexibility index (Phi) is 11.4. The Labute approximate surface area is 328 Å². The second-order valence-corrected chi connectivity index (χ2v) is 17.6. The average molecular weight is 797 g/mol. The third-order valence-electron chi connectivity index (χ3n) is 10.9. The molecule has 0 unspecified atom stereocenters. The summed E-state index contributed by atoms with van der Waals surface area (Å²) in [6.45, 7) is 0.818. The molecule has 0 radical (unpaired) electrons. The second-order valence-electron chi connectivity index (χ2n) is 14.2. The third kappa shape index (κ3) is 7.67.